The first-order chi connectivity index (χ1) is 24.9. The molecule has 2 N–H and O–H groups in total. The van der Waals surface area contributed by atoms with Crippen molar-refractivity contribution in [1.82, 2.24) is 9.80 Å². The monoisotopic (exact) mass is 870 g/mol. The molecular formula is C40H54B2Br2N2O8. The molecule has 0 aliphatic carbocycles. The number of amides is 2. The van der Waals surface area contributed by atoms with E-state index >= 15 is 0 Å². The van der Waals surface area contributed by atoms with E-state index < -0.39 is 18.3 Å². The van der Waals surface area contributed by atoms with Gasteiger partial charge in [0, 0.05) is 47.0 Å². The van der Waals surface area contributed by atoms with Gasteiger partial charge < -0.3 is 38.6 Å². The van der Waals surface area contributed by atoms with Crippen LogP contribution in [0.5, 0.6) is 0 Å². The number of carbonyl (C=O) groups is 2. The summed E-state index contributed by atoms with van der Waals surface area (Å²) in [6, 6.07) is 23.4. The molecular weight excluding hydrogens is 818 g/mol. The van der Waals surface area contributed by atoms with Gasteiger partial charge in [0.1, 0.15) is 11.2 Å². The van der Waals surface area contributed by atoms with Gasteiger partial charge in [-0.1, -0.05) is 80.4 Å². The van der Waals surface area contributed by atoms with Crippen molar-refractivity contribution in [3.8, 4) is 0 Å². The normalized spacial score (nSPS) is 17.9. The van der Waals surface area contributed by atoms with Crippen molar-refractivity contribution < 1.29 is 38.4 Å². The van der Waals surface area contributed by atoms with Crippen LogP contribution in [0.1, 0.15) is 92.2 Å². The Balaban J connectivity index is 0.000000200. The SMILES string of the molecule is CC(C)(C)OC(=O)N1CC(c2ccc(B3OC(C)(C)C(C)(C)O3)cc2)C1.CC(C)(C)OC(=O)N1CC(c2ccc(Br)cc2)C1.OB(O)c1ccc(Br)cc1. The van der Waals surface area contributed by atoms with Crippen LogP contribution >= 0.6 is 31.9 Å². The van der Waals surface area contributed by atoms with E-state index in [2.05, 4.69) is 96.0 Å². The van der Waals surface area contributed by atoms with Gasteiger partial charge in [0.2, 0.25) is 0 Å². The molecule has 0 bridgehead atoms. The van der Waals surface area contributed by atoms with Gasteiger partial charge in [0.05, 0.1) is 11.2 Å². The summed E-state index contributed by atoms with van der Waals surface area (Å²) in [5, 5.41) is 17.3. The number of hydrogen-bond acceptors (Lipinski definition) is 8. The molecule has 0 atom stereocenters. The highest BCUT2D eigenvalue weighted by Gasteiger charge is 2.51. The Labute approximate surface area is 338 Å². The van der Waals surface area contributed by atoms with Crippen LogP contribution in [-0.4, -0.2) is 94.9 Å². The minimum Gasteiger partial charge on any atom is -0.444 e. The first-order valence-electron chi connectivity index (χ1n) is 18.2. The van der Waals surface area contributed by atoms with Crippen LogP contribution in [0.15, 0.2) is 81.7 Å². The van der Waals surface area contributed by atoms with Crippen molar-refractivity contribution in [2.45, 2.75) is 103 Å². The largest absolute Gasteiger partial charge is 0.494 e. The van der Waals surface area contributed by atoms with Crippen molar-refractivity contribution in [2.24, 2.45) is 0 Å². The molecule has 6 rings (SSSR count). The number of rotatable bonds is 4. The Kier molecular flexibility index (Phi) is 14.2. The first-order valence-corrected chi connectivity index (χ1v) is 19.8. The molecule has 0 radical (unpaired) electrons. The predicted octanol–water partition coefficient (Wildman–Crippen LogP) is 7.23. The fraction of sp³-hybridized carbons (Fsp3) is 0.500. The molecule has 3 aliphatic heterocycles. The number of carbonyl (C=O) groups excluding carboxylic acids is 2. The lowest BCUT2D eigenvalue weighted by Crippen LogP contribution is -2.50. The van der Waals surface area contributed by atoms with E-state index in [1.165, 1.54) is 11.1 Å². The van der Waals surface area contributed by atoms with Crippen LogP contribution in [0, 0.1) is 0 Å². The fourth-order valence-electron chi connectivity index (χ4n) is 5.60. The molecule has 3 fully saturated rings. The van der Waals surface area contributed by atoms with Crippen molar-refractivity contribution in [1.29, 1.82) is 0 Å². The highest BCUT2D eigenvalue weighted by atomic mass is 79.9. The van der Waals surface area contributed by atoms with Gasteiger partial charge >= 0.3 is 26.4 Å². The van der Waals surface area contributed by atoms with Crippen molar-refractivity contribution >= 4 is 69.2 Å². The number of ether oxygens (including phenoxy) is 2. The second-order valence-corrected chi connectivity index (χ2v) is 18.7. The van der Waals surface area contributed by atoms with Gasteiger partial charge in [-0.2, -0.15) is 0 Å². The van der Waals surface area contributed by atoms with Crippen LogP contribution in [0.4, 0.5) is 9.59 Å². The summed E-state index contributed by atoms with van der Waals surface area (Å²) in [5.41, 5.74) is 2.49. The minimum absolute atomic E-state index is 0.212. The zero-order valence-electron chi connectivity index (χ0n) is 33.1. The fourth-order valence-corrected chi connectivity index (χ4v) is 6.13. The quantitative estimate of drug-likeness (QED) is 0.264. The summed E-state index contributed by atoms with van der Waals surface area (Å²) >= 11 is 6.65. The lowest BCUT2D eigenvalue weighted by atomic mass is 9.78. The van der Waals surface area contributed by atoms with Crippen LogP contribution < -0.4 is 10.9 Å². The molecule has 3 heterocycles. The van der Waals surface area contributed by atoms with Crippen molar-refractivity contribution in [3.05, 3.63) is 92.9 Å². The molecule has 54 heavy (non-hydrogen) atoms. The molecule has 14 heteroatoms. The van der Waals surface area contributed by atoms with Gasteiger partial charge in [-0.05, 0) is 116 Å². The third kappa shape index (κ3) is 12.3. The van der Waals surface area contributed by atoms with Crippen LogP contribution in [0.25, 0.3) is 0 Å². The van der Waals surface area contributed by atoms with Gasteiger partial charge in [-0.3, -0.25) is 0 Å². The topological polar surface area (TPSA) is 118 Å². The molecule has 2 amide bonds. The minimum atomic E-state index is -1.37. The summed E-state index contributed by atoms with van der Waals surface area (Å²) in [4.78, 5) is 27.3. The summed E-state index contributed by atoms with van der Waals surface area (Å²) in [5.74, 6) is 0.792. The van der Waals surface area contributed by atoms with E-state index in [9.17, 15) is 9.59 Å². The second kappa shape index (κ2) is 17.5. The summed E-state index contributed by atoms with van der Waals surface area (Å²) in [6.07, 6.45) is -0.446. The Morgan fingerprint density at radius 2 is 1.00 bits per heavy atom. The number of benzene rings is 3. The zero-order valence-corrected chi connectivity index (χ0v) is 36.2. The summed E-state index contributed by atoms with van der Waals surface area (Å²) in [6.45, 7) is 22.4. The number of hydrogen-bond donors (Lipinski definition) is 2. The number of halogens is 2. The molecule has 0 aromatic heterocycles. The smallest absolute Gasteiger partial charge is 0.444 e. The van der Waals surface area contributed by atoms with E-state index in [4.69, 9.17) is 28.8 Å². The second-order valence-electron chi connectivity index (χ2n) is 16.9. The van der Waals surface area contributed by atoms with Gasteiger partial charge in [0.25, 0.3) is 0 Å². The van der Waals surface area contributed by atoms with Gasteiger partial charge in [0.15, 0.2) is 0 Å². The molecule has 292 valence electrons. The molecule has 10 nitrogen and oxygen atoms in total. The average Bonchev–Trinajstić information content (AvgIpc) is 3.22. The average molecular weight is 872 g/mol. The van der Waals surface area contributed by atoms with Crippen molar-refractivity contribution in [3.63, 3.8) is 0 Å². The lowest BCUT2D eigenvalue weighted by Gasteiger charge is -2.40. The molecule has 0 saturated carbocycles. The first kappa shape index (κ1) is 43.9. The Morgan fingerprint density at radius 3 is 1.33 bits per heavy atom. The van der Waals surface area contributed by atoms with E-state index in [1.54, 1.807) is 34.1 Å². The summed E-state index contributed by atoms with van der Waals surface area (Å²) in [7, 11) is -1.71. The van der Waals surface area contributed by atoms with Crippen LogP contribution in [-0.2, 0) is 18.8 Å². The van der Waals surface area contributed by atoms with E-state index in [0.29, 0.717) is 30.4 Å². The maximum Gasteiger partial charge on any atom is 0.494 e. The lowest BCUT2D eigenvalue weighted by molar-refractivity contribution is 0.00578. The Hall–Kier alpha value is -2.87. The molecule has 3 aromatic carbocycles. The third-order valence-electron chi connectivity index (χ3n) is 9.51. The van der Waals surface area contributed by atoms with E-state index in [0.717, 1.165) is 27.5 Å². The predicted molar refractivity (Wildman–Crippen MR) is 221 cm³/mol. The van der Waals surface area contributed by atoms with Gasteiger partial charge in [-0.15, -0.1) is 0 Å². The maximum absolute atomic E-state index is 12.0. The van der Waals surface area contributed by atoms with E-state index in [-0.39, 0.29) is 30.5 Å². The van der Waals surface area contributed by atoms with Crippen LogP contribution in [0.3, 0.4) is 0 Å². The number of nitrogens with zero attached hydrogens (tertiary/aromatic N) is 2. The third-order valence-corrected chi connectivity index (χ3v) is 10.6. The molecule has 3 aromatic rings. The Morgan fingerprint density at radius 1 is 0.667 bits per heavy atom. The molecule has 0 spiro atoms. The van der Waals surface area contributed by atoms with Crippen molar-refractivity contribution in [2.75, 3.05) is 26.2 Å². The highest BCUT2D eigenvalue weighted by molar-refractivity contribution is 9.10. The zero-order chi connectivity index (χ0) is 40.2. The van der Waals surface area contributed by atoms with Gasteiger partial charge in [-0.25, -0.2) is 9.59 Å². The summed E-state index contributed by atoms with van der Waals surface area (Å²) < 4.78 is 24.9. The molecule has 3 aliphatic rings. The standard InChI is InChI=1S/C20H30BNO4.C14H18BrNO2.C6H6BBrO2/c1-18(2,3)24-17(23)22-12-15(13-22)14-8-10-16(11-9-14)21-25-19(4,5)20(6,7)26-21;1-14(2,3)18-13(17)16-8-11(9-16)10-4-6-12(15)7-5-10;8-6-3-1-5(2-4-6)7(9)10/h8-11,15H,12-13H2,1-7H3;4-7,11H,8-9H2,1-3H3;1-4,9-10H. The highest BCUT2D eigenvalue weighted by Crippen LogP contribution is 2.37. The molecule has 3 saturated heterocycles. The molecule has 0 unspecified atom stereocenters. The van der Waals surface area contributed by atoms with E-state index in [1.807, 2.05) is 53.7 Å². The van der Waals surface area contributed by atoms with Crippen LogP contribution in [0.2, 0.25) is 0 Å². The number of likely N-dealkylation sites (tertiary alicyclic amines) is 2. The Bertz CT molecular complexity index is 1680. The maximum atomic E-state index is 12.0.